The van der Waals surface area contributed by atoms with Gasteiger partial charge in [-0.15, -0.1) is 0 Å². The van der Waals surface area contributed by atoms with Crippen molar-refractivity contribution in [2.24, 2.45) is 0 Å². The maximum atomic E-state index is 13.2. The molecule has 0 N–H and O–H groups in total. The number of fused-ring (bicyclic) bond motifs is 1. The summed E-state index contributed by atoms with van der Waals surface area (Å²) in [5.41, 5.74) is 3.93. The Balaban J connectivity index is 1.39. The standard InChI is InChI=1S/C26H28N4O2/c1-20(31)30-14-11-23-5-2-3-6-24(23)25(30)17-26(32)29-13-4-12-28(15-16-29)19-22-9-7-21(18-27)8-10-22/h2-3,5-11,14,25H,4,12-13,15-17,19H2,1H3. The normalized spacial score (nSPS) is 18.6. The number of nitriles is 1. The molecule has 1 saturated heterocycles. The van der Waals surface area contributed by atoms with Gasteiger partial charge in [-0.05, 0) is 41.3 Å². The van der Waals surface area contributed by atoms with E-state index in [0.717, 1.165) is 43.7 Å². The Kier molecular flexibility index (Phi) is 6.67. The van der Waals surface area contributed by atoms with E-state index in [2.05, 4.69) is 11.0 Å². The molecular weight excluding hydrogens is 400 g/mol. The van der Waals surface area contributed by atoms with Gasteiger partial charge >= 0.3 is 0 Å². The van der Waals surface area contributed by atoms with Gasteiger partial charge in [-0.1, -0.05) is 36.4 Å². The number of carbonyl (C=O) groups excluding carboxylic acids is 2. The summed E-state index contributed by atoms with van der Waals surface area (Å²) in [6, 6.07) is 17.5. The molecule has 4 rings (SSSR count). The molecule has 0 radical (unpaired) electrons. The zero-order valence-electron chi connectivity index (χ0n) is 18.4. The van der Waals surface area contributed by atoms with Crippen molar-refractivity contribution in [3.05, 3.63) is 77.0 Å². The topological polar surface area (TPSA) is 67.7 Å². The van der Waals surface area contributed by atoms with E-state index in [9.17, 15) is 9.59 Å². The molecule has 0 aliphatic carbocycles. The second-order valence-electron chi connectivity index (χ2n) is 8.41. The fourth-order valence-corrected chi connectivity index (χ4v) is 4.53. The fraction of sp³-hybridized carbons (Fsp3) is 0.346. The van der Waals surface area contributed by atoms with Gasteiger partial charge in [-0.25, -0.2) is 0 Å². The zero-order chi connectivity index (χ0) is 22.5. The highest BCUT2D eigenvalue weighted by Crippen LogP contribution is 2.33. The van der Waals surface area contributed by atoms with Crippen molar-refractivity contribution in [2.45, 2.75) is 32.4 Å². The summed E-state index contributed by atoms with van der Waals surface area (Å²) in [4.78, 5) is 31.4. The van der Waals surface area contributed by atoms with Gasteiger partial charge in [0.1, 0.15) is 0 Å². The third-order valence-electron chi connectivity index (χ3n) is 6.27. The first-order valence-corrected chi connectivity index (χ1v) is 11.1. The van der Waals surface area contributed by atoms with Crippen molar-refractivity contribution in [2.75, 3.05) is 26.2 Å². The minimum absolute atomic E-state index is 0.0574. The monoisotopic (exact) mass is 428 g/mol. The number of hydrogen-bond donors (Lipinski definition) is 0. The third-order valence-corrected chi connectivity index (χ3v) is 6.27. The molecule has 1 unspecified atom stereocenters. The lowest BCUT2D eigenvalue weighted by Gasteiger charge is -2.33. The Morgan fingerprint density at radius 1 is 1.03 bits per heavy atom. The minimum Gasteiger partial charge on any atom is -0.341 e. The first-order chi connectivity index (χ1) is 15.5. The van der Waals surface area contributed by atoms with E-state index in [1.54, 1.807) is 18.0 Å². The number of rotatable bonds is 4. The van der Waals surface area contributed by atoms with Gasteiger partial charge in [-0.2, -0.15) is 5.26 Å². The van der Waals surface area contributed by atoms with Crippen LogP contribution in [-0.4, -0.2) is 52.7 Å². The van der Waals surface area contributed by atoms with E-state index in [0.29, 0.717) is 12.1 Å². The van der Waals surface area contributed by atoms with Crippen molar-refractivity contribution < 1.29 is 9.59 Å². The van der Waals surface area contributed by atoms with Crippen LogP contribution in [0.1, 0.15) is 48.1 Å². The van der Waals surface area contributed by atoms with E-state index in [1.165, 1.54) is 5.56 Å². The second-order valence-corrected chi connectivity index (χ2v) is 8.41. The van der Waals surface area contributed by atoms with Gasteiger partial charge in [0.25, 0.3) is 0 Å². The lowest BCUT2D eigenvalue weighted by molar-refractivity contribution is -0.134. The van der Waals surface area contributed by atoms with Gasteiger partial charge in [0.15, 0.2) is 0 Å². The van der Waals surface area contributed by atoms with Gasteiger partial charge in [0.05, 0.1) is 24.1 Å². The van der Waals surface area contributed by atoms with E-state index in [4.69, 9.17) is 5.26 Å². The molecule has 1 fully saturated rings. The predicted molar refractivity (Wildman–Crippen MR) is 123 cm³/mol. The lowest BCUT2D eigenvalue weighted by Crippen LogP contribution is -2.39. The van der Waals surface area contributed by atoms with E-state index in [1.807, 2.05) is 59.5 Å². The average Bonchev–Trinajstić information content (AvgIpc) is 3.05. The Morgan fingerprint density at radius 2 is 1.81 bits per heavy atom. The largest absolute Gasteiger partial charge is 0.341 e. The number of hydrogen-bond acceptors (Lipinski definition) is 4. The van der Waals surface area contributed by atoms with Crippen LogP contribution in [0.2, 0.25) is 0 Å². The number of amides is 2. The Bertz CT molecular complexity index is 1050. The van der Waals surface area contributed by atoms with Gasteiger partial charge in [-0.3, -0.25) is 14.5 Å². The number of carbonyl (C=O) groups is 2. The quantitative estimate of drug-likeness (QED) is 0.747. The van der Waals surface area contributed by atoms with Crippen LogP contribution in [0.25, 0.3) is 6.08 Å². The van der Waals surface area contributed by atoms with Crippen LogP contribution >= 0.6 is 0 Å². The molecule has 2 aromatic carbocycles. The van der Waals surface area contributed by atoms with Gasteiger partial charge < -0.3 is 9.80 Å². The van der Waals surface area contributed by atoms with Crippen molar-refractivity contribution >= 4 is 17.9 Å². The predicted octanol–water partition coefficient (Wildman–Crippen LogP) is 3.56. The molecule has 2 amide bonds. The minimum atomic E-state index is -0.265. The Labute approximate surface area is 189 Å². The SMILES string of the molecule is CC(=O)N1C=Cc2ccccc2C1CC(=O)N1CCCN(Cc2ccc(C#N)cc2)CC1. The molecular formula is C26H28N4O2. The van der Waals surface area contributed by atoms with Crippen LogP contribution < -0.4 is 0 Å². The molecule has 0 saturated carbocycles. The van der Waals surface area contributed by atoms with E-state index >= 15 is 0 Å². The average molecular weight is 429 g/mol. The summed E-state index contributed by atoms with van der Waals surface area (Å²) in [6.45, 7) is 5.50. The maximum absolute atomic E-state index is 13.2. The van der Waals surface area contributed by atoms with Gasteiger partial charge in [0.2, 0.25) is 11.8 Å². The molecule has 6 heteroatoms. The fourth-order valence-electron chi connectivity index (χ4n) is 4.53. The lowest BCUT2D eigenvalue weighted by atomic mass is 9.93. The molecule has 0 aromatic heterocycles. The van der Waals surface area contributed by atoms with Crippen LogP contribution in [-0.2, 0) is 16.1 Å². The molecule has 0 spiro atoms. The third kappa shape index (κ3) is 4.90. The highest BCUT2D eigenvalue weighted by Gasteiger charge is 2.30. The number of nitrogens with zero attached hydrogens (tertiary/aromatic N) is 4. The summed E-state index contributed by atoms with van der Waals surface area (Å²) in [5, 5.41) is 8.96. The van der Waals surface area contributed by atoms with E-state index < -0.39 is 0 Å². The van der Waals surface area contributed by atoms with Crippen LogP contribution in [0.4, 0.5) is 0 Å². The summed E-state index contributed by atoms with van der Waals surface area (Å²) in [6.07, 6.45) is 4.94. The van der Waals surface area contributed by atoms with Crippen molar-refractivity contribution in [1.29, 1.82) is 5.26 Å². The van der Waals surface area contributed by atoms with Crippen LogP contribution in [0.3, 0.4) is 0 Å². The van der Waals surface area contributed by atoms with E-state index in [-0.39, 0.29) is 24.3 Å². The number of benzene rings is 2. The molecule has 2 heterocycles. The van der Waals surface area contributed by atoms with Crippen LogP contribution in [0.15, 0.2) is 54.7 Å². The highest BCUT2D eigenvalue weighted by atomic mass is 16.2. The van der Waals surface area contributed by atoms with Crippen LogP contribution in [0.5, 0.6) is 0 Å². The summed E-state index contributed by atoms with van der Waals surface area (Å²) in [7, 11) is 0. The molecule has 164 valence electrons. The first kappa shape index (κ1) is 21.8. The second kappa shape index (κ2) is 9.80. The molecule has 2 aliphatic heterocycles. The molecule has 2 aliphatic rings. The molecule has 32 heavy (non-hydrogen) atoms. The molecule has 6 nitrogen and oxygen atoms in total. The first-order valence-electron chi connectivity index (χ1n) is 11.1. The van der Waals surface area contributed by atoms with Crippen molar-refractivity contribution in [3.8, 4) is 6.07 Å². The summed E-state index contributed by atoms with van der Waals surface area (Å²) in [5.74, 6) is 0.0320. The zero-order valence-corrected chi connectivity index (χ0v) is 18.4. The van der Waals surface area contributed by atoms with Gasteiger partial charge in [0, 0.05) is 45.8 Å². The molecule has 0 bridgehead atoms. The Morgan fingerprint density at radius 3 is 2.56 bits per heavy atom. The van der Waals surface area contributed by atoms with Crippen molar-refractivity contribution in [1.82, 2.24) is 14.7 Å². The highest BCUT2D eigenvalue weighted by molar-refractivity contribution is 5.82. The van der Waals surface area contributed by atoms with Crippen molar-refractivity contribution in [3.63, 3.8) is 0 Å². The Hall–Kier alpha value is -3.43. The molecule has 1 atom stereocenters. The summed E-state index contributed by atoms with van der Waals surface area (Å²) >= 11 is 0. The van der Waals surface area contributed by atoms with Crippen LogP contribution in [0, 0.1) is 11.3 Å². The maximum Gasteiger partial charge on any atom is 0.225 e. The molecule has 2 aromatic rings. The summed E-state index contributed by atoms with van der Waals surface area (Å²) < 4.78 is 0. The smallest absolute Gasteiger partial charge is 0.225 e.